The standard InChI is InChI=1S/C15H26N2O/c1-3-13-5-4-8-15(18,9-6-13)10-7-14-16-11-12-17(14)2/h11-13,18H,3-10H2,1-2H3. The first-order chi connectivity index (χ1) is 8.63. The van der Waals surface area contributed by atoms with E-state index in [-0.39, 0.29) is 0 Å². The van der Waals surface area contributed by atoms with Crippen LogP contribution < -0.4 is 0 Å². The van der Waals surface area contributed by atoms with Gasteiger partial charge in [-0.2, -0.15) is 0 Å². The van der Waals surface area contributed by atoms with Crippen LogP contribution in [0.1, 0.15) is 57.7 Å². The molecule has 0 amide bonds. The van der Waals surface area contributed by atoms with E-state index in [0.29, 0.717) is 0 Å². The monoisotopic (exact) mass is 250 g/mol. The zero-order valence-corrected chi connectivity index (χ0v) is 11.7. The van der Waals surface area contributed by atoms with E-state index in [1.165, 1.54) is 25.7 Å². The summed E-state index contributed by atoms with van der Waals surface area (Å²) >= 11 is 0. The number of hydrogen-bond donors (Lipinski definition) is 1. The van der Waals surface area contributed by atoms with Gasteiger partial charge in [-0.25, -0.2) is 4.98 Å². The zero-order valence-electron chi connectivity index (χ0n) is 11.7. The average Bonchev–Trinajstić information content (AvgIpc) is 2.66. The Morgan fingerprint density at radius 3 is 2.94 bits per heavy atom. The minimum absolute atomic E-state index is 0.449. The Labute approximate surface area is 110 Å². The third-order valence-electron chi connectivity index (χ3n) is 4.58. The minimum Gasteiger partial charge on any atom is -0.390 e. The molecule has 1 fully saturated rings. The van der Waals surface area contributed by atoms with Crippen LogP contribution in [0.5, 0.6) is 0 Å². The summed E-state index contributed by atoms with van der Waals surface area (Å²) in [7, 11) is 2.02. The number of aliphatic hydroxyl groups is 1. The number of imidazole rings is 1. The quantitative estimate of drug-likeness (QED) is 0.834. The Morgan fingerprint density at radius 2 is 2.28 bits per heavy atom. The van der Waals surface area contributed by atoms with E-state index >= 15 is 0 Å². The van der Waals surface area contributed by atoms with Crippen LogP contribution in [0, 0.1) is 5.92 Å². The van der Waals surface area contributed by atoms with Crippen LogP contribution in [-0.2, 0) is 13.5 Å². The lowest BCUT2D eigenvalue weighted by Gasteiger charge is -2.26. The summed E-state index contributed by atoms with van der Waals surface area (Å²) in [6.45, 7) is 2.27. The molecule has 0 spiro atoms. The van der Waals surface area contributed by atoms with Gasteiger partial charge in [-0.1, -0.05) is 26.2 Å². The second-order valence-corrected chi connectivity index (χ2v) is 5.88. The Kier molecular flexibility index (Phi) is 4.44. The summed E-state index contributed by atoms with van der Waals surface area (Å²) < 4.78 is 2.05. The fraction of sp³-hybridized carbons (Fsp3) is 0.800. The Morgan fingerprint density at radius 1 is 1.44 bits per heavy atom. The maximum absolute atomic E-state index is 10.7. The van der Waals surface area contributed by atoms with E-state index in [0.717, 1.165) is 37.4 Å². The van der Waals surface area contributed by atoms with Crippen molar-refractivity contribution in [1.29, 1.82) is 0 Å². The summed E-state index contributed by atoms with van der Waals surface area (Å²) in [6, 6.07) is 0. The molecule has 1 aromatic heterocycles. The summed E-state index contributed by atoms with van der Waals surface area (Å²) in [6.07, 6.45) is 12.4. The Bertz CT molecular complexity index is 374. The van der Waals surface area contributed by atoms with Gasteiger partial charge in [0.1, 0.15) is 5.82 Å². The van der Waals surface area contributed by atoms with Crippen molar-refractivity contribution in [2.24, 2.45) is 13.0 Å². The lowest BCUT2D eigenvalue weighted by Crippen LogP contribution is -2.29. The van der Waals surface area contributed by atoms with Crippen LogP contribution in [0.3, 0.4) is 0 Å². The molecule has 3 nitrogen and oxygen atoms in total. The average molecular weight is 250 g/mol. The van der Waals surface area contributed by atoms with E-state index in [4.69, 9.17) is 0 Å². The van der Waals surface area contributed by atoms with Crippen LogP contribution in [0.15, 0.2) is 12.4 Å². The van der Waals surface area contributed by atoms with Gasteiger partial charge >= 0.3 is 0 Å². The molecule has 1 N–H and O–H groups in total. The van der Waals surface area contributed by atoms with Crippen molar-refractivity contribution >= 4 is 0 Å². The van der Waals surface area contributed by atoms with Crippen molar-refractivity contribution in [1.82, 2.24) is 9.55 Å². The van der Waals surface area contributed by atoms with Crippen LogP contribution in [-0.4, -0.2) is 20.3 Å². The van der Waals surface area contributed by atoms with Crippen LogP contribution in [0.25, 0.3) is 0 Å². The molecule has 102 valence electrons. The normalized spacial score (nSPS) is 29.2. The lowest BCUT2D eigenvalue weighted by molar-refractivity contribution is 0.0151. The van der Waals surface area contributed by atoms with Gasteiger partial charge in [-0.3, -0.25) is 0 Å². The van der Waals surface area contributed by atoms with Crippen molar-refractivity contribution < 1.29 is 5.11 Å². The van der Waals surface area contributed by atoms with Gasteiger partial charge in [-0.15, -0.1) is 0 Å². The molecular formula is C15H26N2O. The largest absolute Gasteiger partial charge is 0.390 e. The molecule has 2 unspecified atom stereocenters. The third kappa shape index (κ3) is 3.35. The van der Waals surface area contributed by atoms with Crippen LogP contribution in [0.2, 0.25) is 0 Å². The fourth-order valence-electron chi connectivity index (χ4n) is 3.10. The van der Waals surface area contributed by atoms with Gasteiger partial charge in [0.15, 0.2) is 0 Å². The number of aromatic nitrogens is 2. The van der Waals surface area contributed by atoms with E-state index in [9.17, 15) is 5.11 Å². The molecule has 2 rings (SSSR count). The molecular weight excluding hydrogens is 224 g/mol. The summed E-state index contributed by atoms with van der Waals surface area (Å²) in [5.74, 6) is 1.91. The molecule has 0 aromatic carbocycles. The first-order valence-electron chi connectivity index (χ1n) is 7.31. The SMILES string of the molecule is CCC1CCCC(O)(CCc2nccn2C)CC1. The molecule has 0 radical (unpaired) electrons. The van der Waals surface area contributed by atoms with E-state index in [1.807, 2.05) is 19.4 Å². The van der Waals surface area contributed by atoms with Gasteiger partial charge in [-0.05, 0) is 31.6 Å². The van der Waals surface area contributed by atoms with Crippen LogP contribution in [0.4, 0.5) is 0 Å². The zero-order chi connectivity index (χ0) is 13.0. The topological polar surface area (TPSA) is 38.1 Å². The Hall–Kier alpha value is -0.830. The first-order valence-corrected chi connectivity index (χ1v) is 7.31. The number of rotatable bonds is 4. The molecule has 0 saturated heterocycles. The summed E-state index contributed by atoms with van der Waals surface area (Å²) in [5.41, 5.74) is -0.449. The molecule has 1 aliphatic rings. The van der Waals surface area contributed by atoms with Gasteiger partial charge in [0, 0.05) is 25.9 Å². The highest BCUT2D eigenvalue weighted by atomic mass is 16.3. The fourth-order valence-corrected chi connectivity index (χ4v) is 3.10. The maximum atomic E-state index is 10.7. The second-order valence-electron chi connectivity index (χ2n) is 5.88. The van der Waals surface area contributed by atoms with E-state index < -0.39 is 5.60 Å². The highest BCUT2D eigenvalue weighted by Crippen LogP contribution is 2.34. The Balaban J connectivity index is 1.89. The third-order valence-corrected chi connectivity index (χ3v) is 4.58. The molecule has 1 heterocycles. The van der Waals surface area contributed by atoms with Crippen molar-refractivity contribution in [3.8, 4) is 0 Å². The van der Waals surface area contributed by atoms with Crippen molar-refractivity contribution in [3.63, 3.8) is 0 Å². The smallest absolute Gasteiger partial charge is 0.108 e. The molecule has 1 saturated carbocycles. The molecule has 0 bridgehead atoms. The number of nitrogens with zero attached hydrogens (tertiary/aromatic N) is 2. The maximum Gasteiger partial charge on any atom is 0.108 e. The second kappa shape index (κ2) is 5.87. The predicted octanol–water partition coefficient (Wildman–Crippen LogP) is 3.07. The van der Waals surface area contributed by atoms with Crippen molar-refractivity contribution in [2.45, 2.75) is 63.9 Å². The summed E-state index contributed by atoms with van der Waals surface area (Å²) in [4.78, 5) is 4.34. The first kappa shape index (κ1) is 13.6. The molecule has 3 heteroatoms. The summed E-state index contributed by atoms with van der Waals surface area (Å²) in [5, 5.41) is 10.7. The molecule has 1 aromatic rings. The van der Waals surface area contributed by atoms with E-state index in [1.54, 1.807) is 0 Å². The lowest BCUT2D eigenvalue weighted by atomic mass is 9.88. The van der Waals surface area contributed by atoms with Gasteiger partial charge in [0.25, 0.3) is 0 Å². The van der Waals surface area contributed by atoms with Crippen LogP contribution >= 0.6 is 0 Å². The van der Waals surface area contributed by atoms with Gasteiger partial charge < -0.3 is 9.67 Å². The molecule has 18 heavy (non-hydrogen) atoms. The molecule has 2 atom stereocenters. The number of aryl methyl sites for hydroxylation is 2. The number of hydrogen-bond acceptors (Lipinski definition) is 2. The molecule has 1 aliphatic carbocycles. The minimum atomic E-state index is -0.449. The highest BCUT2D eigenvalue weighted by Gasteiger charge is 2.30. The predicted molar refractivity (Wildman–Crippen MR) is 73.3 cm³/mol. The van der Waals surface area contributed by atoms with Gasteiger partial charge in [0.2, 0.25) is 0 Å². The van der Waals surface area contributed by atoms with Gasteiger partial charge in [0.05, 0.1) is 5.60 Å². The van der Waals surface area contributed by atoms with Crippen molar-refractivity contribution in [3.05, 3.63) is 18.2 Å². The highest BCUT2D eigenvalue weighted by molar-refractivity contribution is 4.94. The van der Waals surface area contributed by atoms with E-state index in [2.05, 4.69) is 16.5 Å². The molecule has 0 aliphatic heterocycles. The van der Waals surface area contributed by atoms with Crippen molar-refractivity contribution in [2.75, 3.05) is 0 Å².